The molecule has 0 atom stereocenters. The van der Waals surface area contributed by atoms with Crippen molar-refractivity contribution in [2.24, 2.45) is 0 Å². The quantitative estimate of drug-likeness (QED) is 0.625. The van der Waals surface area contributed by atoms with Gasteiger partial charge in [0.15, 0.2) is 11.5 Å². The predicted octanol–water partition coefficient (Wildman–Crippen LogP) is 4.00. The molecular weight excluding hydrogens is 384 g/mol. The summed E-state index contributed by atoms with van der Waals surface area (Å²) in [6.45, 7) is 0. The molecule has 0 radical (unpaired) electrons. The number of alkyl halides is 6. The number of H-pyrrole nitrogens is 1. The number of hydrogen-bond acceptors (Lipinski definition) is 3. The van der Waals surface area contributed by atoms with E-state index in [0.29, 0.717) is 0 Å². The van der Waals surface area contributed by atoms with Crippen LogP contribution >= 0.6 is 15.9 Å². The number of aromatic amines is 1. The van der Waals surface area contributed by atoms with Crippen molar-refractivity contribution < 1.29 is 31.1 Å². The summed E-state index contributed by atoms with van der Waals surface area (Å²) in [5.74, 6) is -2.83. The lowest BCUT2D eigenvalue weighted by atomic mass is 10.1. The Kier molecular flexibility index (Phi) is 4.02. The molecule has 0 bridgehead atoms. The summed E-state index contributed by atoms with van der Waals surface area (Å²) in [5, 5.41) is 0. The van der Waals surface area contributed by atoms with Gasteiger partial charge in [-0.15, -0.1) is 0 Å². The molecule has 0 aliphatic carbocycles. The summed E-state index contributed by atoms with van der Waals surface area (Å²) >= 11 is 2.55. The molecule has 0 saturated carbocycles. The first-order valence-corrected chi connectivity index (χ1v) is 6.20. The summed E-state index contributed by atoms with van der Waals surface area (Å²) in [7, 11) is 0. The van der Waals surface area contributed by atoms with Gasteiger partial charge < -0.3 is 4.98 Å². The number of pyridine rings is 1. The number of Topliss-reactive ketones (excluding diaryl/α,β-unsaturated/α-hetero) is 1. The third-order valence-corrected chi connectivity index (χ3v) is 3.05. The highest BCUT2D eigenvalue weighted by Crippen LogP contribution is 2.35. The second kappa shape index (κ2) is 5.38. The number of halogens is 7. The summed E-state index contributed by atoms with van der Waals surface area (Å²) in [6.07, 6.45) is -8.95. The van der Waals surface area contributed by atoms with Crippen molar-refractivity contribution in [2.45, 2.75) is 12.4 Å². The smallest absolute Gasteiger partial charge is 0.332 e. The molecule has 2 rings (SSSR count). The molecule has 0 spiro atoms. The highest BCUT2D eigenvalue weighted by atomic mass is 79.9. The monoisotopic (exact) mass is 387 g/mol. The minimum atomic E-state index is -5.19. The molecule has 0 saturated heterocycles. The van der Waals surface area contributed by atoms with Crippen molar-refractivity contribution in [1.29, 1.82) is 0 Å². The van der Waals surface area contributed by atoms with Crippen LogP contribution in [0.3, 0.4) is 0 Å². The Balaban J connectivity index is 2.58. The van der Waals surface area contributed by atoms with Crippen LogP contribution in [0.2, 0.25) is 0 Å². The molecule has 0 fully saturated rings. The number of hydrogen-bond donors (Lipinski definition) is 1. The van der Waals surface area contributed by atoms with Gasteiger partial charge in [0.05, 0.1) is 5.56 Å². The van der Waals surface area contributed by atoms with E-state index in [4.69, 9.17) is 0 Å². The van der Waals surface area contributed by atoms with Crippen LogP contribution in [0.4, 0.5) is 26.3 Å². The van der Waals surface area contributed by atoms with Crippen molar-refractivity contribution in [3.8, 4) is 11.5 Å². The van der Waals surface area contributed by atoms with E-state index in [2.05, 4.69) is 25.9 Å². The largest absolute Gasteiger partial charge is 0.454 e. The minimum absolute atomic E-state index is 0.604. The minimum Gasteiger partial charge on any atom is -0.332 e. The number of ketones is 1. The van der Waals surface area contributed by atoms with Crippen molar-refractivity contribution in [3.63, 3.8) is 0 Å². The maximum absolute atomic E-state index is 12.7. The van der Waals surface area contributed by atoms with Crippen LogP contribution in [0.15, 0.2) is 22.9 Å². The standard InChI is InChI=1S/C11H4BrF6N3O/c12-8-6(10(13,14)15)20-9(21-8)5-4(2-1-3-19-5)7(22)11(16,17)18/h1-3H,(H,20,21). The second-order valence-corrected chi connectivity index (χ2v) is 4.73. The molecule has 2 aromatic rings. The Morgan fingerprint density at radius 1 is 1.18 bits per heavy atom. The number of nitrogens with zero attached hydrogens (tertiary/aromatic N) is 2. The zero-order valence-electron chi connectivity index (χ0n) is 10.2. The third-order valence-electron chi connectivity index (χ3n) is 2.48. The van der Waals surface area contributed by atoms with E-state index in [1.54, 1.807) is 0 Å². The zero-order chi connectivity index (χ0) is 16.7. The maximum atomic E-state index is 12.7. The van der Waals surface area contributed by atoms with Crippen LogP contribution in [0.5, 0.6) is 0 Å². The van der Waals surface area contributed by atoms with Crippen molar-refractivity contribution in [2.75, 3.05) is 0 Å². The van der Waals surface area contributed by atoms with E-state index >= 15 is 0 Å². The average Bonchev–Trinajstić information content (AvgIpc) is 2.79. The van der Waals surface area contributed by atoms with Gasteiger partial charge in [0.1, 0.15) is 10.3 Å². The van der Waals surface area contributed by atoms with Crippen molar-refractivity contribution >= 4 is 21.7 Å². The fraction of sp³-hybridized carbons (Fsp3) is 0.182. The predicted molar refractivity (Wildman–Crippen MR) is 64.9 cm³/mol. The van der Waals surface area contributed by atoms with Gasteiger partial charge in [0.2, 0.25) is 0 Å². The summed E-state index contributed by atoms with van der Waals surface area (Å²) < 4.78 is 74.8. The number of carbonyl (C=O) groups excluding carboxylic acids is 1. The van der Waals surface area contributed by atoms with Crippen LogP contribution in [0.1, 0.15) is 16.1 Å². The van der Waals surface area contributed by atoms with Gasteiger partial charge in [-0.1, -0.05) is 0 Å². The van der Waals surface area contributed by atoms with E-state index in [-0.39, 0.29) is 0 Å². The van der Waals surface area contributed by atoms with Gasteiger partial charge in [0.25, 0.3) is 5.78 Å². The molecule has 0 amide bonds. The Labute approximate surface area is 126 Å². The fourth-order valence-corrected chi connectivity index (χ4v) is 2.08. The molecule has 11 heteroatoms. The fourth-order valence-electron chi connectivity index (χ4n) is 1.58. The van der Waals surface area contributed by atoms with Gasteiger partial charge in [-0.3, -0.25) is 9.78 Å². The van der Waals surface area contributed by atoms with Crippen LogP contribution in [0.25, 0.3) is 11.5 Å². The first-order chi connectivity index (χ1) is 10.0. The Bertz CT molecular complexity index is 721. The molecular formula is C11H4BrF6N3O. The van der Waals surface area contributed by atoms with Crippen LogP contribution < -0.4 is 0 Å². The van der Waals surface area contributed by atoms with Crippen LogP contribution in [-0.4, -0.2) is 26.9 Å². The maximum Gasteiger partial charge on any atom is 0.454 e. The second-order valence-electron chi connectivity index (χ2n) is 3.98. The third kappa shape index (κ3) is 3.13. The Morgan fingerprint density at radius 3 is 2.32 bits per heavy atom. The Hall–Kier alpha value is -1.91. The van der Waals surface area contributed by atoms with Crippen LogP contribution in [-0.2, 0) is 6.18 Å². The molecule has 22 heavy (non-hydrogen) atoms. The zero-order valence-corrected chi connectivity index (χ0v) is 11.8. The van der Waals surface area contributed by atoms with Gasteiger partial charge in [-0.05, 0) is 28.1 Å². The van der Waals surface area contributed by atoms with Gasteiger partial charge in [-0.25, -0.2) is 4.98 Å². The summed E-state index contributed by atoms with van der Waals surface area (Å²) in [6, 6.07) is 1.87. The lowest BCUT2D eigenvalue weighted by molar-refractivity contribution is -0.141. The van der Waals surface area contributed by atoms with Crippen molar-refractivity contribution in [3.05, 3.63) is 34.2 Å². The molecule has 1 N–H and O–H groups in total. The highest BCUT2D eigenvalue weighted by Gasteiger charge is 2.42. The highest BCUT2D eigenvalue weighted by molar-refractivity contribution is 9.10. The number of nitrogens with one attached hydrogen (secondary N) is 1. The number of imidazole rings is 1. The lowest BCUT2D eigenvalue weighted by Gasteiger charge is -2.08. The molecule has 2 heterocycles. The van der Waals surface area contributed by atoms with Gasteiger partial charge in [-0.2, -0.15) is 26.3 Å². The topological polar surface area (TPSA) is 58.6 Å². The molecule has 118 valence electrons. The van der Waals surface area contributed by atoms with E-state index in [1.807, 2.05) is 4.98 Å². The first kappa shape index (κ1) is 16.5. The van der Waals surface area contributed by atoms with E-state index in [1.165, 1.54) is 0 Å². The van der Waals surface area contributed by atoms with E-state index in [0.717, 1.165) is 18.3 Å². The molecule has 0 unspecified atom stereocenters. The average molecular weight is 388 g/mol. The van der Waals surface area contributed by atoms with Crippen molar-refractivity contribution in [1.82, 2.24) is 15.0 Å². The normalized spacial score (nSPS) is 12.5. The van der Waals surface area contributed by atoms with Gasteiger partial charge >= 0.3 is 12.4 Å². The SMILES string of the molecule is O=C(c1cccnc1-c1nc(Br)c(C(F)(F)F)[nH]1)C(F)(F)F. The molecule has 0 aromatic carbocycles. The first-order valence-electron chi connectivity index (χ1n) is 5.41. The molecule has 0 aliphatic heterocycles. The van der Waals surface area contributed by atoms with E-state index in [9.17, 15) is 31.1 Å². The summed E-state index contributed by atoms with van der Waals surface area (Å²) in [5.41, 5.74) is -2.82. The Morgan fingerprint density at radius 2 is 1.82 bits per heavy atom. The summed E-state index contributed by atoms with van der Waals surface area (Å²) in [4.78, 5) is 20.1. The van der Waals surface area contributed by atoms with Gasteiger partial charge in [0, 0.05) is 6.20 Å². The lowest BCUT2D eigenvalue weighted by Crippen LogP contribution is -2.23. The molecule has 2 aromatic heterocycles. The molecule has 0 aliphatic rings. The molecule has 4 nitrogen and oxygen atoms in total. The number of carbonyl (C=O) groups is 1. The van der Waals surface area contributed by atoms with Crippen LogP contribution in [0, 0.1) is 0 Å². The number of rotatable bonds is 2. The van der Waals surface area contributed by atoms with E-state index < -0.39 is 45.5 Å². The number of aromatic nitrogens is 3.